The predicted molar refractivity (Wildman–Crippen MR) is 126 cm³/mol. The number of hydrogen-bond acceptors (Lipinski definition) is 2. The Labute approximate surface area is 186 Å². The van der Waals surface area contributed by atoms with Gasteiger partial charge in [0.25, 0.3) is 5.70 Å². The van der Waals surface area contributed by atoms with E-state index in [4.69, 9.17) is 35.4 Å². The van der Waals surface area contributed by atoms with Crippen molar-refractivity contribution in [2.75, 3.05) is 5.32 Å². The molecule has 0 amide bonds. The highest BCUT2D eigenvalue weighted by Crippen LogP contribution is 2.28. The molecule has 0 fully saturated rings. The van der Waals surface area contributed by atoms with Gasteiger partial charge in [-0.2, -0.15) is 4.57 Å². The van der Waals surface area contributed by atoms with Crippen LogP contribution in [-0.4, -0.2) is 10.1 Å². The van der Waals surface area contributed by atoms with Crippen LogP contribution in [0.15, 0.2) is 60.9 Å². The van der Waals surface area contributed by atoms with E-state index in [2.05, 4.69) is 5.32 Å². The molecule has 1 aromatic heterocycles. The second-order valence-electron chi connectivity index (χ2n) is 6.84. The number of thiocarbonyl (C=S) groups is 1. The van der Waals surface area contributed by atoms with Gasteiger partial charge < -0.3 is 10.4 Å². The molecule has 0 aliphatic carbocycles. The van der Waals surface area contributed by atoms with Gasteiger partial charge in [0.05, 0.1) is 10.0 Å². The van der Waals surface area contributed by atoms with E-state index in [0.29, 0.717) is 26.3 Å². The van der Waals surface area contributed by atoms with Crippen LogP contribution in [-0.2, 0) is 0 Å². The van der Waals surface area contributed by atoms with Gasteiger partial charge in [0.1, 0.15) is 0 Å². The summed E-state index contributed by atoms with van der Waals surface area (Å²) in [6.45, 7) is 6.01. The number of anilines is 1. The quantitative estimate of drug-likeness (QED) is 0.208. The van der Waals surface area contributed by atoms with Crippen LogP contribution in [0.5, 0.6) is 0 Å². The number of aliphatic hydroxyl groups excluding tert-OH is 1. The maximum absolute atomic E-state index is 11.2. The molecule has 0 spiro atoms. The number of nitrogens with zero attached hydrogens (tertiary/aromatic N) is 1. The second-order valence-corrected chi connectivity index (χ2v) is 8.06. The molecule has 0 saturated carbocycles. The van der Waals surface area contributed by atoms with E-state index in [0.717, 1.165) is 22.4 Å². The van der Waals surface area contributed by atoms with Crippen molar-refractivity contribution in [2.45, 2.75) is 20.8 Å². The van der Waals surface area contributed by atoms with Crippen molar-refractivity contribution in [3.05, 3.63) is 93.2 Å². The van der Waals surface area contributed by atoms with Crippen LogP contribution in [0.25, 0.3) is 11.5 Å². The number of halogens is 2. The lowest BCUT2D eigenvalue weighted by Gasteiger charge is -2.14. The number of pyridine rings is 1. The van der Waals surface area contributed by atoms with E-state index in [1.165, 1.54) is 0 Å². The highest BCUT2D eigenvalue weighted by molar-refractivity contribution is 7.81. The van der Waals surface area contributed by atoms with Crippen molar-refractivity contribution in [1.29, 1.82) is 0 Å². The standard InChI is InChI=1S/C23H20Cl2N2OS/c1-14-6-5-11-27(13-14)21(22(28)17-9-10-18(24)19(25)12-17)23(29)26-20-15(2)7-4-8-16(20)3/h4-13H,1-3H3,(H-,26,28,29)/p+1. The minimum absolute atomic E-state index is 0.00269. The van der Waals surface area contributed by atoms with E-state index in [1.807, 2.05) is 63.5 Å². The molecular formula is C23H21Cl2N2OS+. The summed E-state index contributed by atoms with van der Waals surface area (Å²) in [6, 6.07) is 14.9. The Bertz CT molecular complexity index is 1110. The Morgan fingerprint density at radius 2 is 1.66 bits per heavy atom. The lowest BCUT2D eigenvalue weighted by atomic mass is 10.1. The molecular weight excluding hydrogens is 423 g/mol. The first kappa shape index (κ1) is 21.3. The number of aromatic nitrogens is 1. The van der Waals surface area contributed by atoms with Gasteiger partial charge in [0, 0.05) is 22.9 Å². The topological polar surface area (TPSA) is 36.1 Å². The van der Waals surface area contributed by atoms with E-state index in [-0.39, 0.29) is 5.76 Å². The van der Waals surface area contributed by atoms with Crippen LogP contribution in [0.3, 0.4) is 0 Å². The average Bonchev–Trinajstić information content (AvgIpc) is 2.67. The third kappa shape index (κ3) is 4.78. The highest BCUT2D eigenvalue weighted by atomic mass is 35.5. The molecule has 3 aromatic rings. The fourth-order valence-corrected chi connectivity index (χ4v) is 3.65. The molecule has 2 aromatic carbocycles. The van der Waals surface area contributed by atoms with Gasteiger partial charge in [0.15, 0.2) is 23.1 Å². The Morgan fingerprint density at radius 1 is 0.966 bits per heavy atom. The number of nitrogens with one attached hydrogen (secondary N) is 1. The Hall–Kier alpha value is -2.40. The molecule has 0 atom stereocenters. The van der Waals surface area contributed by atoms with Crippen LogP contribution in [0, 0.1) is 20.8 Å². The van der Waals surface area contributed by atoms with Crippen molar-refractivity contribution >= 4 is 57.6 Å². The SMILES string of the molecule is Cc1ccc[n+](/C(C(=S)Nc2c(C)cccc2C)=C(/O)c2ccc(Cl)c(Cl)c2)c1. The number of para-hydroxylation sites is 1. The normalized spacial score (nSPS) is 11.8. The monoisotopic (exact) mass is 443 g/mol. The molecule has 29 heavy (non-hydrogen) atoms. The zero-order chi connectivity index (χ0) is 21.1. The van der Waals surface area contributed by atoms with Gasteiger partial charge in [-0.25, -0.2) is 0 Å². The molecule has 1 heterocycles. The first-order chi connectivity index (χ1) is 13.8. The van der Waals surface area contributed by atoms with Crippen molar-refractivity contribution < 1.29 is 9.67 Å². The molecule has 6 heteroatoms. The van der Waals surface area contributed by atoms with Crippen LogP contribution < -0.4 is 9.88 Å². The summed E-state index contributed by atoms with van der Waals surface area (Å²) in [6.07, 6.45) is 3.75. The van der Waals surface area contributed by atoms with Gasteiger partial charge >= 0.3 is 0 Å². The van der Waals surface area contributed by atoms with E-state index in [1.54, 1.807) is 22.8 Å². The van der Waals surface area contributed by atoms with Crippen LogP contribution >= 0.6 is 35.4 Å². The molecule has 3 rings (SSSR count). The Balaban J connectivity index is 2.15. The van der Waals surface area contributed by atoms with E-state index >= 15 is 0 Å². The number of aliphatic hydroxyl groups is 1. The fourth-order valence-electron chi connectivity index (χ4n) is 3.04. The molecule has 0 aliphatic heterocycles. The molecule has 0 bridgehead atoms. The van der Waals surface area contributed by atoms with Crippen molar-refractivity contribution in [3.8, 4) is 0 Å². The first-order valence-electron chi connectivity index (χ1n) is 9.02. The van der Waals surface area contributed by atoms with Crippen LogP contribution in [0.2, 0.25) is 10.0 Å². The minimum Gasteiger partial charge on any atom is -0.502 e. The molecule has 0 unspecified atom stereocenters. The Morgan fingerprint density at radius 3 is 2.28 bits per heavy atom. The van der Waals surface area contributed by atoms with Gasteiger partial charge in [0.2, 0.25) is 0 Å². The molecule has 148 valence electrons. The van der Waals surface area contributed by atoms with E-state index in [9.17, 15) is 5.11 Å². The first-order valence-corrected chi connectivity index (χ1v) is 10.2. The number of benzene rings is 2. The van der Waals surface area contributed by atoms with Crippen molar-refractivity contribution in [1.82, 2.24) is 0 Å². The summed E-state index contributed by atoms with van der Waals surface area (Å²) in [7, 11) is 0. The predicted octanol–water partition coefficient (Wildman–Crippen LogP) is 6.53. The van der Waals surface area contributed by atoms with Crippen LogP contribution in [0.4, 0.5) is 5.69 Å². The molecule has 0 radical (unpaired) electrons. The zero-order valence-corrected chi connectivity index (χ0v) is 18.7. The van der Waals surface area contributed by atoms with Crippen molar-refractivity contribution in [2.24, 2.45) is 0 Å². The fraction of sp³-hybridized carbons (Fsp3) is 0.130. The third-order valence-electron chi connectivity index (χ3n) is 4.56. The number of rotatable bonds is 4. The molecule has 0 aliphatic rings. The molecule has 0 saturated heterocycles. The summed E-state index contributed by atoms with van der Waals surface area (Å²) >= 11 is 17.9. The summed E-state index contributed by atoms with van der Waals surface area (Å²) in [4.78, 5) is 0.390. The summed E-state index contributed by atoms with van der Waals surface area (Å²) in [5.41, 5.74) is 5.05. The van der Waals surface area contributed by atoms with Gasteiger partial charge in [-0.1, -0.05) is 53.6 Å². The third-order valence-corrected chi connectivity index (χ3v) is 5.59. The second kappa shape index (κ2) is 8.95. The zero-order valence-electron chi connectivity index (χ0n) is 16.3. The van der Waals surface area contributed by atoms with Crippen molar-refractivity contribution in [3.63, 3.8) is 0 Å². The smallest absolute Gasteiger partial charge is 0.288 e. The van der Waals surface area contributed by atoms with Crippen LogP contribution in [0.1, 0.15) is 22.3 Å². The van der Waals surface area contributed by atoms with E-state index < -0.39 is 0 Å². The molecule has 3 nitrogen and oxygen atoms in total. The average molecular weight is 444 g/mol. The van der Waals surface area contributed by atoms with Gasteiger partial charge in [-0.3, -0.25) is 0 Å². The lowest BCUT2D eigenvalue weighted by molar-refractivity contribution is -0.576. The van der Waals surface area contributed by atoms with Gasteiger partial charge in [-0.05, 0) is 56.2 Å². The maximum atomic E-state index is 11.2. The largest absolute Gasteiger partial charge is 0.502 e. The summed E-state index contributed by atoms with van der Waals surface area (Å²) < 4.78 is 1.80. The van der Waals surface area contributed by atoms with Gasteiger partial charge in [-0.15, -0.1) is 0 Å². The summed E-state index contributed by atoms with van der Waals surface area (Å²) in [5.74, 6) is 0.00269. The highest BCUT2D eigenvalue weighted by Gasteiger charge is 2.25. The minimum atomic E-state index is 0.00269. The molecule has 2 N–H and O–H groups in total. The summed E-state index contributed by atoms with van der Waals surface area (Å²) in [5, 5.41) is 15.2. The Kier molecular flexibility index (Phi) is 6.58. The lowest BCUT2D eigenvalue weighted by Crippen LogP contribution is -2.39. The number of hydrogen-bond donors (Lipinski definition) is 2. The maximum Gasteiger partial charge on any atom is 0.288 e. The number of aryl methyl sites for hydroxylation is 3.